The summed E-state index contributed by atoms with van der Waals surface area (Å²) in [4.78, 5) is 10.0. The van der Waals surface area contributed by atoms with Crippen LogP contribution in [0.2, 0.25) is 19.6 Å². The van der Waals surface area contributed by atoms with Gasteiger partial charge in [-0.3, -0.25) is 4.98 Å². The molecular weight excluding hydrogens is 1040 g/mol. The van der Waals surface area contributed by atoms with Crippen LogP contribution in [0.5, 0.6) is 0 Å². The molecule has 3 heterocycles. The maximum absolute atomic E-state index is 5.34. The normalized spacial score (nSPS) is 11.7. The molecule has 0 spiro atoms. The number of pyridine rings is 1. The first-order valence-corrected chi connectivity index (χ1v) is 28.2. The molecule has 10 rings (SSSR count). The molecule has 68 heavy (non-hydrogen) atoms. The minimum atomic E-state index is -1.34. The quantitative estimate of drug-likeness (QED) is 0.101. The van der Waals surface area contributed by atoms with Gasteiger partial charge in [0.05, 0.1) is 24.9 Å². The molecule has 0 bridgehead atoms. The Morgan fingerprint density at radius 3 is 1.91 bits per heavy atom. The summed E-state index contributed by atoms with van der Waals surface area (Å²) in [7, 11) is -1.34. The molecule has 0 saturated heterocycles. The number of hydrogen-bond acceptors (Lipinski definition) is 3. The summed E-state index contributed by atoms with van der Waals surface area (Å²) in [5.41, 5.74) is 17.0. The summed E-state index contributed by atoms with van der Waals surface area (Å²) >= 11 is 1.84. The summed E-state index contributed by atoms with van der Waals surface area (Å²) < 4.78 is 4.92. The Labute approximate surface area is 422 Å². The van der Waals surface area contributed by atoms with Gasteiger partial charge in [-0.15, -0.1) is 54.1 Å². The van der Waals surface area contributed by atoms with Crippen LogP contribution in [0.3, 0.4) is 0 Å². The largest absolute Gasteiger partial charge is 0.333 e. The van der Waals surface area contributed by atoms with Gasteiger partial charge in [0.15, 0.2) is 0 Å². The number of aryl methyl sites for hydroxylation is 1. The van der Waals surface area contributed by atoms with E-state index in [0.717, 1.165) is 40.1 Å². The van der Waals surface area contributed by atoms with Gasteiger partial charge >= 0.3 is 0 Å². The zero-order chi connectivity index (χ0) is 47.0. The third-order valence-corrected chi connectivity index (χ3v) is 16.0. The fraction of sp³-hybridized carbons (Fsp3) is 0.226. The average molecular weight is 1100 g/mol. The van der Waals surface area contributed by atoms with Crippen LogP contribution in [-0.2, 0) is 26.5 Å². The van der Waals surface area contributed by atoms with Gasteiger partial charge in [-0.2, -0.15) is 11.3 Å². The molecule has 0 atom stereocenters. The average Bonchev–Trinajstić information content (AvgIpc) is 3.90. The Balaban J connectivity index is 0.000000251. The maximum atomic E-state index is 5.34. The molecule has 345 valence electrons. The van der Waals surface area contributed by atoms with Gasteiger partial charge in [-0.1, -0.05) is 174 Å². The molecule has 0 amide bonds. The van der Waals surface area contributed by atoms with E-state index in [9.17, 15) is 0 Å². The van der Waals surface area contributed by atoms with E-state index in [0.29, 0.717) is 17.8 Å². The van der Waals surface area contributed by atoms with Crippen LogP contribution in [-0.4, -0.2) is 22.6 Å². The number of para-hydroxylation sites is 2. The van der Waals surface area contributed by atoms with Crippen molar-refractivity contribution >= 4 is 55.8 Å². The Morgan fingerprint density at radius 1 is 0.632 bits per heavy atom. The van der Waals surface area contributed by atoms with Crippen LogP contribution in [0.15, 0.2) is 158 Å². The second kappa shape index (κ2) is 20.5. The predicted molar refractivity (Wildman–Crippen MR) is 292 cm³/mol. The number of thiophene rings is 1. The van der Waals surface area contributed by atoms with E-state index < -0.39 is 8.07 Å². The number of benzene rings is 7. The van der Waals surface area contributed by atoms with Crippen molar-refractivity contribution in [2.24, 2.45) is 5.92 Å². The van der Waals surface area contributed by atoms with Crippen molar-refractivity contribution in [2.75, 3.05) is 0 Å². The second-order valence-corrected chi connectivity index (χ2v) is 26.2. The first-order valence-electron chi connectivity index (χ1n) is 23.9. The minimum absolute atomic E-state index is 0. The van der Waals surface area contributed by atoms with E-state index >= 15 is 0 Å². The standard InChI is InChI=1S/C44H37N2S.C18H24NSi.Ir/c1-27(2)36-24-29(5)25-37(28(3)4)42(36)46-40-17-10-9-16-39(40)45-44(46)35-15-11-14-34-38-26-33(22-23-41(38)47-43(34)35)32-20-18-31(19-21-32)30-12-7-6-8-13-30;1-14(2)11-16-12-17(15-9-7-6-8-10-15)19-13-18(16)20(3,4)5;/h6-14,16-28H,1-5H3;6-9,12-14H,11H2,1-5H3;/q2*-1;. The van der Waals surface area contributed by atoms with Crippen molar-refractivity contribution in [1.82, 2.24) is 14.5 Å². The molecule has 0 fully saturated rings. The molecule has 1 radical (unpaired) electrons. The van der Waals surface area contributed by atoms with E-state index in [4.69, 9.17) is 4.98 Å². The number of hydrogen-bond donors (Lipinski definition) is 0. The Kier molecular flexibility index (Phi) is 14.6. The molecule has 3 aromatic heterocycles. The van der Waals surface area contributed by atoms with Crippen LogP contribution in [0.1, 0.15) is 75.6 Å². The Bertz CT molecular complexity index is 3310. The summed E-state index contributed by atoms with van der Waals surface area (Å²) in [6.45, 7) is 23.1. The first-order chi connectivity index (χ1) is 32.2. The van der Waals surface area contributed by atoms with Crippen molar-refractivity contribution in [2.45, 2.75) is 86.4 Å². The fourth-order valence-electron chi connectivity index (χ4n) is 9.45. The van der Waals surface area contributed by atoms with Crippen LogP contribution in [0, 0.1) is 25.0 Å². The van der Waals surface area contributed by atoms with E-state index in [1.807, 2.05) is 29.5 Å². The molecule has 3 nitrogen and oxygen atoms in total. The zero-order valence-electron chi connectivity index (χ0n) is 41.0. The van der Waals surface area contributed by atoms with Gasteiger partial charge < -0.3 is 9.55 Å². The maximum Gasteiger partial charge on any atom is 0.0798 e. The van der Waals surface area contributed by atoms with Gasteiger partial charge in [0, 0.05) is 36.7 Å². The first kappa shape index (κ1) is 48.7. The van der Waals surface area contributed by atoms with Crippen molar-refractivity contribution < 1.29 is 20.1 Å². The van der Waals surface area contributed by atoms with E-state index in [-0.39, 0.29) is 20.1 Å². The molecule has 0 aliphatic carbocycles. The zero-order valence-corrected chi connectivity index (χ0v) is 45.2. The number of imidazole rings is 1. The van der Waals surface area contributed by atoms with Crippen LogP contribution in [0.25, 0.3) is 81.8 Å². The molecule has 0 saturated carbocycles. The van der Waals surface area contributed by atoms with Gasteiger partial charge in [-0.05, 0) is 110 Å². The van der Waals surface area contributed by atoms with E-state index in [1.165, 1.54) is 75.6 Å². The minimum Gasteiger partial charge on any atom is -0.333 e. The van der Waals surface area contributed by atoms with E-state index in [1.54, 1.807) is 0 Å². The molecule has 7 aromatic carbocycles. The SMILES string of the molecule is CC(C)Cc1cc(-c2[c-]cccc2)ncc1[Si](C)(C)C.Cc1cc(C(C)C)c(-n2c(-c3[c-]ccc4c3sc3ccc(-c5ccc(-c6ccccc6)cc5)cc34)nc3ccccc32)c(C(C)C)c1.[Ir]. The summed E-state index contributed by atoms with van der Waals surface area (Å²) in [5, 5.41) is 4.01. The molecular formula is C62H61IrN3SSi-2. The smallest absolute Gasteiger partial charge is 0.0798 e. The van der Waals surface area contributed by atoms with Gasteiger partial charge in [-0.25, -0.2) is 0 Å². The van der Waals surface area contributed by atoms with Crippen molar-refractivity contribution in [3.63, 3.8) is 0 Å². The predicted octanol–water partition coefficient (Wildman–Crippen LogP) is 17.0. The van der Waals surface area contributed by atoms with Crippen molar-refractivity contribution in [3.8, 4) is 50.6 Å². The molecule has 0 aliphatic rings. The number of aromatic nitrogens is 3. The van der Waals surface area contributed by atoms with Crippen molar-refractivity contribution in [3.05, 3.63) is 192 Å². The van der Waals surface area contributed by atoms with Crippen molar-refractivity contribution in [1.29, 1.82) is 0 Å². The fourth-order valence-corrected chi connectivity index (χ4v) is 12.2. The topological polar surface area (TPSA) is 30.7 Å². The molecule has 6 heteroatoms. The van der Waals surface area contributed by atoms with Crippen LogP contribution < -0.4 is 5.19 Å². The van der Waals surface area contributed by atoms with Gasteiger partial charge in [0.1, 0.15) is 0 Å². The summed E-state index contributed by atoms with van der Waals surface area (Å²) in [5.74, 6) is 2.34. The molecule has 0 unspecified atom stereocenters. The van der Waals surface area contributed by atoms with Gasteiger partial charge in [0.25, 0.3) is 0 Å². The third-order valence-electron chi connectivity index (χ3n) is 12.7. The molecule has 0 aliphatic heterocycles. The summed E-state index contributed by atoms with van der Waals surface area (Å²) in [6, 6.07) is 61.2. The monoisotopic (exact) mass is 1100 g/mol. The van der Waals surface area contributed by atoms with E-state index in [2.05, 4.69) is 229 Å². The third kappa shape index (κ3) is 10.0. The van der Waals surface area contributed by atoms with Gasteiger partial charge in [0.2, 0.25) is 0 Å². The van der Waals surface area contributed by atoms with Crippen LogP contribution >= 0.6 is 11.3 Å². The second-order valence-electron chi connectivity index (χ2n) is 20.1. The number of fused-ring (bicyclic) bond motifs is 4. The Hall–Kier alpha value is -5.75. The number of nitrogens with zero attached hydrogens (tertiary/aromatic N) is 3. The van der Waals surface area contributed by atoms with Crippen LogP contribution in [0.4, 0.5) is 0 Å². The number of rotatable bonds is 10. The Morgan fingerprint density at radius 2 is 1.26 bits per heavy atom. The molecule has 0 N–H and O–H groups in total. The molecule has 10 aromatic rings. The summed E-state index contributed by atoms with van der Waals surface area (Å²) in [6.07, 6.45) is 3.24.